The molecular weight excluding hydrogens is 248 g/mol. The molecule has 4 nitrogen and oxygen atoms in total. The standard InChI is InChI=1S/C16H26N4/c1-4-9-17-14-10-15(19-16(18-14)13-7-8-13)20(3)11(2)12-5-6-12/h10-13H,4-9H2,1-3H3,(H,17,18,19). The minimum absolute atomic E-state index is 0.580. The average Bonchev–Trinajstić information content (AvgIpc) is 3.32. The third-order valence-electron chi connectivity index (χ3n) is 4.51. The van der Waals surface area contributed by atoms with Crippen LogP contribution in [0, 0.1) is 5.92 Å². The topological polar surface area (TPSA) is 41.0 Å². The molecule has 2 aliphatic carbocycles. The molecule has 0 amide bonds. The van der Waals surface area contributed by atoms with Crippen LogP contribution in [0.3, 0.4) is 0 Å². The Hall–Kier alpha value is -1.32. The summed E-state index contributed by atoms with van der Waals surface area (Å²) in [5.74, 6) is 4.57. The van der Waals surface area contributed by atoms with Crippen molar-refractivity contribution in [1.29, 1.82) is 0 Å². The number of hydrogen-bond acceptors (Lipinski definition) is 4. The van der Waals surface area contributed by atoms with Crippen LogP contribution in [0.15, 0.2) is 6.07 Å². The van der Waals surface area contributed by atoms with Crippen LogP contribution in [-0.4, -0.2) is 29.6 Å². The van der Waals surface area contributed by atoms with Crippen molar-refractivity contribution in [3.63, 3.8) is 0 Å². The number of nitrogens with zero attached hydrogens (tertiary/aromatic N) is 3. The first kappa shape index (κ1) is 13.7. The summed E-state index contributed by atoms with van der Waals surface area (Å²) in [6.07, 6.45) is 6.35. The van der Waals surface area contributed by atoms with Crippen molar-refractivity contribution in [2.45, 2.75) is 57.9 Å². The van der Waals surface area contributed by atoms with Crippen LogP contribution in [0.2, 0.25) is 0 Å². The molecule has 1 unspecified atom stereocenters. The Balaban J connectivity index is 1.81. The largest absolute Gasteiger partial charge is 0.370 e. The smallest absolute Gasteiger partial charge is 0.136 e. The van der Waals surface area contributed by atoms with Gasteiger partial charge in [0.1, 0.15) is 17.5 Å². The van der Waals surface area contributed by atoms with Crippen LogP contribution in [0.5, 0.6) is 0 Å². The van der Waals surface area contributed by atoms with Crippen LogP contribution >= 0.6 is 0 Å². The molecule has 0 spiro atoms. The van der Waals surface area contributed by atoms with E-state index < -0.39 is 0 Å². The molecule has 1 aromatic heterocycles. The van der Waals surface area contributed by atoms with Gasteiger partial charge in [-0.1, -0.05) is 6.92 Å². The summed E-state index contributed by atoms with van der Waals surface area (Å²) in [4.78, 5) is 11.8. The summed E-state index contributed by atoms with van der Waals surface area (Å²) in [6, 6.07) is 2.69. The molecule has 0 saturated heterocycles. The highest BCUT2D eigenvalue weighted by atomic mass is 15.2. The van der Waals surface area contributed by atoms with Crippen molar-refractivity contribution in [2.75, 3.05) is 23.8 Å². The van der Waals surface area contributed by atoms with Crippen molar-refractivity contribution in [3.8, 4) is 0 Å². The molecule has 0 radical (unpaired) electrons. The van der Waals surface area contributed by atoms with Gasteiger partial charge >= 0.3 is 0 Å². The predicted molar refractivity (Wildman–Crippen MR) is 83.4 cm³/mol. The lowest BCUT2D eigenvalue weighted by Gasteiger charge is -2.26. The molecule has 0 bridgehead atoms. The quantitative estimate of drug-likeness (QED) is 0.827. The van der Waals surface area contributed by atoms with E-state index in [1.165, 1.54) is 25.7 Å². The van der Waals surface area contributed by atoms with Gasteiger partial charge in [-0.15, -0.1) is 0 Å². The maximum Gasteiger partial charge on any atom is 0.136 e. The molecule has 1 aromatic rings. The summed E-state index contributed by atoms with van der Waals surface area (Å²) in [6.45, 7) is 5.47. The fourth-order valence-electron chi connectivity index (χ4n) is 2.60. The molecule has 2 aliphatic rings. The fourth-order valence-corrected chi connectivity index (χ4v) is 2.60. The summed E-state index contributed by atoms with van der Waals surface area (Å²) in [7, 11) is 2.17. The zero-order valence-corrected chi connectivity index (χ0v) is 12.9. The fraction of sp³-hybridized carbons (Fsp3) is 0.750. The van der Waals surface area contributed by atoms with Gasteiger partial charge in [-0.3, -0.25) is 0 Å². The van der Waals surface area contributed by atoms with Crippen LogP contribution in [-0.2, 0) is 0 Å². The zero-order chi connectivity index (χ0) is 14.1. The van der Waals surface area contributed by atoms with Crippen LogP contribution < -0.4 is 10.2 Å². The molecular formula is C16H26N4. The molecule has 4 heteroatoms. The lowest BCUT2D eigenvalue weighted by atomic mass is 10.2. The summed E-state index contributed by atoms with van der Waals surface area (Å²) in [5, 5.41) is 3.42. The van der Waals surface area contributed by atoms with Crippen LogP contribution in [0.1, 0.15) is 57.7 Å². The second-order valence-corrected chi connectivity index (χ2v) is 6.36. The Morgan fingerprint density at radius 2 is 2.05 bits per heavy atom. The van der Waals surface area contributed by atoms with E-state index in [1.807, 2.05) is 0 Å². The minimum Gasteiger partial charge on any atom is -0.370 e. The van der Waals surface area contributed by atoms with Crippen molar-refractivity contribution in [1.82, 2.24) is 9.97 Å². The Morgan fingerprint density at radius 1 is 1.30 bits per heavy atom. The Morgan fingerprint density at radius 3 is 2.65 bits per heavy atom. The van der Waals surface area contributed by atoms with Gasteiger partial charge in [0.25, 0.3) is 0 Å². The molecule has 1 atom stereocenters. The average molecular weight is 274 g/mol. The number of aromatic nitrogens is 2. The second kappa shape index (κ2) is 5.58. The zero-order valence-electron chi connectivity index (χ0n) is 12.9. The van der Waals surface area contributed by atoms with Crippen LogP contribution in [0.4, 0.5) is 11.6 Å². The third-order valence-corrected chi connectivity index (χ3v) is 4.51. The highest BCUT2D eigenvalue weighted by Gasteiger charge is 2.32. The van der Waals surface area contributed by atoms with Gasteiger partial charge < -0.3 is 10.2 Å². The molecule has 1 heterocycles. The molecule has 0 aliphatic heterocycles. The molecule has 20 heavy (non-hydrogen) atoms. The molecule has 0 aromatic carbocycles. The summed E-state index contributed by atoms with van der Waals surface area (Å²) >= 11 is 0. The van der Waals surface area contributed by atoms with E-state index in [1.54, 1.807) is 0 Å². The normalized spacial score (nSPS) is 19.8. The number of anilines is 2. The third kappa shape index (κ3) is 3.05. The molecule has 2 fully saturated rings. The molecule has 110 valence electrons. The van der Waals surface area contributed by atoms with Gasteiger partial charge in [0.15, 0.2) is 0 Å². The highest BCUT2D eigenvalue weighted by molar-refractivity contribution is 5.50. The number of hydrogen-bond donors (Lipinski definition) is 1. The second-order valence-electron chi connectivity index (χ2n) is 6.36. The van der Waals surface area contributed by atoms with Gasteiger partial charge in [0.05, 0.1) is 0 Å². The Bertz CT molecular complexity index is 466. The highest BCUT2D eigenvalue weighted by Crippen LogP contribution is 2.40. The van der Waals surface area contributed by atoms with Gasteiger partial charge in [0.2, 0.25) is 0 Å². The van der Waals surface area contributed by atoms with E-state index in [2.05, 4.69) is 42.2 Å². The Kier molecular flexibility index (Phi) is 3.81. The number of rotatable bonds is 7. The van der Waals surface area contributed by atoms with Gasteiger partial charge in [-0.05, 0) is 44.9 Å². The lowest BCUT2D eigenvalue weighted by molar-refractivity contribution is 0.602. The van der Waals surface area contributed by atoms with Gasteiger partial charge in [-0.2, -0.15) is 0 Å². The van der Waals surface area contributed by atoms with E-state index in [0.29, 0.717) is 12.0 Å². The Labute approximate surface area is 122 Å². The predicted octanol–water partition coefficient (Wildman–Crippen LogP) is 3.41. The van der Waals surface area contributed by atoms with Gasteiger partial charge in [-0.25, -0.2) is 9.97 Å². The first-order valence-electron chi connectivity index (χ1n) is 8.04. The number of nitrogens with one attached hydrogen (secondary N) is 1. The summed E-state index contributed by atoms with van der Waals surface area (Å²) < 4.78 is 0. The van der Waals surface area contributed by atoms with Crippen molar-refractivity contribution in [3.05, 3.63) is 11.9 Å². The maximum absolute atomic E-state index is 4.81. The molecule has 3 rings (SSSR count). The molecule has 2 saturated carbocycles. The van der Waals surface area contributed by atoms with Crippen molar-refractivity contribution in [2.24, 2.45) is 5.92 Å². The SMILES string of the molecule is CCCNc1cc(N(C)C(C)C2CC2)nc(C2CC2)n1. The van der Waals surface area contributed by atoms with Crippen LogP contribution in [0.25, 0.3) is 0 Å². The maximum atomic E-state index is 4.81. The first-order chi connectivity index (χ1) is 9.69. The van der Waals surface area contributed by atoms with Crippen molar-refractivity contribution >= 4 is 11.6 Å². The van der Waals surface area contributed by atoms with E-state index in [9.17, 15) is 0 Å². The van der Waals surface area contributed by atoms with E-state index in [4.69, 9.17) is 4.98 Å². The lowest BCUT2D eigenvalue weighted by Crippen LogP contribution is -2.31. The van der Waals surface area contributed by atoms with E-state index in [-0.39, 0.29) is 0 Å². The first-order valence-corrected chi connectivity index (χ1v) is 8.04. The van der Waals surface area contributed by atoms with Crippen molar-refractivity contribution < 1.29 is 0 Å². The van der Waals surface area contributed by atoms with E-state index >= 15 is 0 Å². The summed E-state index contributed by atoms with van der Waals surface area (Å²) in [5.41, 5.74) is 0. The van der Waals surface area contributed by atoms with E-state index in [0.717, 1.165) is 36.3 Å². The monoisotopic (exact) mass is 274 g/mol. The minimum atomic E-state index is 0.580. The van der Waals surface area contributed by atoms with Gasteiger partial charge in [0, 0.05) is 31.6 Å². The molecule has 1 N–H and O–H groups in total.